The third-order valence-electron chi connectivity index (χ3n) is 2.79. The van der Waals surface area contributed by atoms with Crippen molar-refractivity contribution in [3.63, 3.8) is 0 Å². The Morgan fingerprint density at radius 1 is 1.11 bits per heavy atom. The summed E-state index contributed by atoms with van der Waals surface area (Å²) in [6.45, 7) is 2.14. The van der Waals surface area contributed by atoms with Crippen LogP contribution in [0.15, 0.2) is 24.3 Å². The summed E-state index contributed by atoms with van der Waals surface area (Å²) in [5, 5.41) is 1.82. The minimum Gasteiger partial charge on any atom is -0.318 e. The number of carbonyl (C=O) groups excluding carboxylic acids is 1. The van der Waals surface area contributed by atoms with Crippen LogP contribution in [0, 0.1) is 0 Å². The molecule has 0 aliphatic heterocycles. The average Bonchev–Trinajstić information content (AvgIpc) is 2.35. The molecule has 0 aliphatic rings. The lowest BCUT2D eigenvalue weighted by Gasteiger charge is -2.08. The number of alkyl halides is 3. The fourth-order valence-corrected chi connectivity index (χ4v) is 1.71. The molecule has 0 saturated carbocycles. The lowest BCUT2D eigenvalue weighted by Crippen LogP contribution is -2.29. The maximum absolute atomic E-state index is 12.0. The molecule has 5 heteroatoms. The molecule has 0 atom stereocenters. The molecular formula is C14H18F3NO. The van der Waals surface area contributed by atoms with Gasteiger partial charge in [-0.25, -0.2) is 0 Å². The first-order valence-corrected chi connectivity index (χ1v) is 6.40. The van der Waals surface area contributed by atoms with Crippen molar-refractivity contribution < 1.29 is 18.0 Å². The van der Waals surface area contributed by atoms with E-state index in [-0.39, 0.29) is 5.69 Å². The van der Waals surface area contributed by atoms with Crippen LogP contribution in [0.1, 0.15) is 38.2 Å². The van der Waals surface area contributed by atoms with Crippen molar-refractivity contribution in [2.24, 2.45) is 0 Å². The predicted molar refractivity (Wildman–Crippen MR) is 69.0 cm³/mol. The molecule has 1 aromatic rings. The van der Waals surface area contributed by atoms with Gasteiger partial charge in [0.1, 0.15) is 0 Å². The van der Waals surface area contributed by atoms with Crippen molar-refractivity contribution in [2.75, 3.05) is 5.32 Å². The molecule has 1 rings (SSSR count). The van der Waals surface area contributed by atoms with Crippen LogP contribution < -0.4 is 5.32 Å². The van der Waals surface area contributed by atoms with Crippen molar-refractivity contribution in [3.05, 3.63) is 29.8 Å². The second kappa shape index (κ2) is 7.16. The highest BCUT2D eigenvalue weighted by Gasteiger charge is 2.38. The van der Waals surface area contributed by atoms with Gasteiger partial charge in [0.25, 0.3) is 0 Å². The zero-order valence-corrected chi connectivity index (χ0v) is 10.9. The molecule has 0 saturated heterocycles. The summed E-state index contributed by atoms with van der Waals surface area (Å²) < 4.78 is 36.1. The third kappa shape index (κ3) is 5.77. The van der Waals surface area contributed by atoms with Gasteiger partial charge in [-0.2, -0.15) is 13.2 Å². The zero-order valence-electron chi connectivity index (χ0n) is 10.9. The molecule has 0 fully saturated rings. The summed E-state index contributed by atoms with van der Waals surface area (Å²) in [5.74, 6) is -1.94. The highest BCUT2D eigenvalue weighted by molar-refractivity contribution is 5.94. The van der Waals surface area contributed by atoms with E-state index in [1.807, 2.05) is 5.32 Å². The third-order valence-corrected chi connectivity index (χ3v) is 2.79. The van der Waals surface area contributed by atoms with Crippen molar-refractivity contribution in [1.82, 2.24) is 0 Å². The highest BCUT2D eigenvalue weighted by Crippen LogP contribution is 2.19. The van der Waals surface area contributed by atoms with Gasteiger partial charge in [0.05, 0.1) is 0 Å². The van der Waals surface area contributed by atoms with Crippen molar-refractivity contribution in [2.45, 2.75) is 45.2 Å². The first-order valence-electron chi connectivity index (χ1n) is 6.40. The quantitative estimate of drug-likeness (QED) is 0.769. The van der Waals surface area contributed by atoms with Crippen LogP contribution in [0.2, 0.25) is 0 Å². The van der Waals surface area contributed by atoms with E-state index in [4.69, 9.17) is 0 Å². The zero-order chi connectivity index (χ0) is 14.3. The monoisotopic (exact) mass is 273 g/mol. The Labute approximate surface area is 111 Å². The van der Waals surface area contributed by atoms with Gasteiger partial charge in [-0.3, -0.25) is 4.79 Å². The van der Waals surface area contributed by atoms with Crippen LogP contribution >= 0.6 is 0 Å². The lowest BCUT2D eigenvalue weighted by molar-refractivity contribution is -0.167. The summed E-state index contributed by atoms with van der Waals surface area (Å²) in [7, 11) is 0. The SMILES string of the molecule is CCCCCCc1ccc(NC(=O)C(F)(F)F)cc1. The van der Waals surface area contributed by atoms with Gasteiger partial charge in [0.15, 0.2) is 0 Å². The Hall–Kier alpha value is -1.52. The van der Waals surface area contributed by atoms with Crippen LogP contribution in [0.3, 0.4) is 0 Å². The van der Waals surface area contributed by atoms with Crippen LogP contribution in [0.4, 0.5) is 18.9 Å². The Morgan fingerprint density at radius 2 is 1.74 bits per heavy atom. The molecule has 0 heterocycles. The molecule has 2 nitrogen and oxygen atoms in total. The number of anilines is 1. The summed E-state index contributed by atoms with van der Waals surface area (Å²) in [5.41, 5.74) is 1.24. The fraction of sp³-hybridized carbons (Fsp3) is 0.500. The molecule has 0 unspecified atom stereocenters. The largest absolute Gasteiger partial charge is 0.471 e. The van der Waals surface area contributed by atoms with Gasteiger partial charge < -0.3 is 5.32 Å². The maximum Gasteiger partial charge on any atom is 0.471 e. The van der Waals surface area contributed by atoms with E-state index in [0.717, 1.165) is 24.8 Å². The molecule has 1 aromatic carbocycles. The second-order valence-electron chi connectivity index (χ2n) is 4.46. The standard InChI is InChI=1S/C14H18F3NO/c1-2-3-4-5-6-11-7-9-12(10-8-11)18-13(19)14(15,16)17/h7-10H,2-6H2,1H3,(H,18,19). The van der Waals surface area contributed by atoms with Crippen LogP contribution in [0.5, 0.6) is 0 Å². The average molecular weight is 273 g/mol. The van der Waals surface area contributed by atoms with E-state index < -0.39 is 12.1 Å². The molecule has 0 aromatic heterocycles. The van der Waals surface area contributed by atoms with Crippen molar-refractivity contribution in [3.8, 4) is 0 Å². The number of benzene rings is 1. The van der Waals surface area contributed by atoms with Crippen LogP contribution in [0.25, 0.3) is 0 Å². The topological polar surface area (TPSA) is 29.1 Å². The van der Waals surface area contributed by atoms with Gasteiger partial charge >= 0.3 is 12.1 Å². The van der Waals surface area contributed by atoms with E-state index in [2.05, 4.69) is 6.92 Å². The van der Waals surface area contributed by atoms with E-state index in [0.29, 0.717) is 0 Å². The highest BCUT2D eigenvalue weighted by atomic mass is 19.4. The Bertz CT molecular complexity index is 398. The number of carbonyl (C=O) groups is 1. The van der Waals surface area contributed by atoms with Crippen LogP contribution in [-0.2, 0) is 11.2 Å². The Kier molecular flexibility index (Phi) is 5.86. The van der Waals surface area contributed by atoms with Crippen molar-refractivity contribution in [1.29, 1.82) is 0 Å². The molecule has 0 spiro atoms. The molecule has 0 bridgehead atoms. The summed E-state index contributed by atoms with van der Waals surface area (Å²) >= 11 is 0. The molecule has 1 amide bonds. The lowest BCUT2D eigenvalue weighted by atomic mass is 10.1. The van der Waals surface area contributed by atoms with Gasteiger partial charge in [-0.15, -0.1) is 0 Å². The number of rotatable bonds is 6. The summed E-state index contributed by atoms with van der Waals surface area (Å²) in [6.07, 6.45) is 0.652. The Balaban J connectivity index is 2.45. The predicted octanol–water partition coefficient (Wildman–Crippen LogP) is 4.31. The smallest absolute Gasteiger partial charge is 0.318 e. The number of amides is 1. The van der Waals surface area contributed by atoms with Gasteiger partial charge in [0.2, 0.25) is 0 Å². The minimum atomic E-state index is -4.85. The molecule has 0 radical (unpaired) electrons. The normalized spacial score (nSPS) is 11.4. The number of unbranched alkanes of at least 4 members (excludes halogenated alkanes) is 3. The van der Waals surface area contributed by atoms with Crippen molar-refractivity contribution >= 4 is 11.6 Å². The number of halogens is 3. The first-order chi connectivity index (χ1) is 8.93. The molecule has 19 heavy (non-hydrogen) atoms. The second-order valence-corrected chi connectivity index (χ2v) is 4.46. The number of hydrogen-bond donors (Lipinski definition) is 1. The molecule has 1 N–H and O–H groups in total. The first kappa shape index (κ1) is 15.5. The summed E-state index contributed by atoms with van der Waals surface area (Å²) in [4.78, 5) is 10.7. The van der Waals surface area contributed by atoms with Gasteiger partial charge in [-0.05, 0) is 30.5 Å². The maximum atomic E-state index is 12.0. The number of hydrogen-bond acceptors (Lipinski definition) is 1. The van der Waals surface area contributed by atoms with E-state index in [1.165, 1.54) is 25.0 Å². The number of aryl methyl sites for hydroxylation is 1. The van der Waals surface area contributed by atoms with Crippen LogP contribution in [-0.4, -0.2) is 12.1 Å². The molecule has 0 aliphatic carbocycles. The van der Waals surface area contributed by atoms with Gasteiger partial charge in [0, 0.05) is 5.69 Å². The van der Waals surface area contributed by atoms with Gasteiger partial charge in [-0.1, -0.05) is 38.3 Å². The molecular weight excluding hydrogens is 255 g/mol. The number of nitrogens with one attached hydrogen (secondary N) is 1. The van der Waals surface area contributed by atoms with E-state index >= 15 is 0 Å². The summed E-state index contributed by atoms with van der Waals surface area (Å²) in [6, 6.07) is 6.49. The Morgan fingerprint density at radius 3 is 2.26 bits per heavy atom. The fourth-order valence-electron chi connectivity index (χ4n) is 1.71. The van der Waals surface area contributed by atoms with E-state index in [9.17, 15) is 18.0 Å². The minimum absolute atomic E-state index is 0.166. The van der Waals surface area contributed by atoms with E-state index in [1.54, 1.807) is 12.1 Å². The molecule has 106 valence electrons.